The second kappa shape index (κ2) is 4.39. The fourth-order valence-electron chi connectivity index (χ4n) is 1.68. The molecular weight excluding hydrogens is 194 g/mol. The van der Waals surface area contributed by atoms with Crippen molar-refractivity contribution in [3.63, 3.8) is 0 Å². The zero-order chi connectivity index (χ0) is 11.6. The molecule has 88 valence electrons. The molecule has 0 aromatic carbocycles. The summed E-state index contributed by atoms with van der Waals surface area (Å²) in [7, 11) is 0. The van der Waals surface area contributed by atoms with Crippen molar-refractivity contribution in [3.05, 3.63) is 0 Å². The Morgan fingerprint density at radius 2 is 1.73 bits per heavy atom. The van der Waals surface area contributed by atoms with Crippen molar-refractivity contribution < 1.29 is 14.3 Å². The number of carbonyl (C=O) groups is 1. The van der Waals surface area contributed by atoms with E-state index in [-0.39, 0.29) is 18.2 Å². The Balaban J connectivity index is 2.64. The van der Waals surface area contributed by atoms with Crippen LogP contribution in [-0.4, -0.2) is 41.9 Å². The van der Waals surface area contributed by atoms with Crippen molar-refractivity contribution in [1.29, 1.82) is 0 Å². The van der Waals surface area contributed by atoms with E-state index < -0.39 is 5.60 Å². The number of nitrogens with zero attached hydrogens (tertiary/aromatic N) is 1. The van der Waals surface area contributed by atoms with E-state index in [0.717, 1.165) is 0 Å². The largest absolute Gasteiger partial charge is 0.444 e. The van der Waals surface area contributed by atoms with Crippen molar-refractivity contribution in [3.8, 4) is 0 Å². The molecule has 2 atom stereocenters. The topological polar surface area (TPSA) is 38.8 Å². The van der Waals surface area contributed by atoms with Gasteiger partial charge in [-0.1, -0.05) is 0 Å². The summed E-state index contributed by atoms with van der Waals surface area (Å²) in [5.74, 6) is 0. The number of hydrogen-bond acceptors (Lipinski definition) is 3. The first kappa shape index (κ1) is 12.3. The van der Waals surface area contributed by atoms with Crippen LogP contribution in [0.1, 0.15) is 34.6 Å². The van der Waals surface area contributed by atoms with Gasteiger partial charge in [0.1, 0.15) is 5.60 Å². The normalized spacial score (nSPS) is 27.7. The zero-order valence-corrected chi connectivity index (χ0v) is 10.2. The number of hydrogen-bond donors (Lipinski definition) is 0. The first-order valence-corrected chi connectivity index (χ1v) is 5.40. The molecular formula is C11H21NO3. The van der Waals surface area contributed by atoms with Crippen LogP contribution >= 0.6 is 0 Å². The number of carbonyl (C=O) groups excluding carboxylic acids is 1. The van der Waals surface area contributed by atoms with Gasteiger partial charge in [-0.15, -0.1) is 0 Å². The van der Waals surface area contributed by atoms with Crippen molar-refractivity contribution in [2.45, 2.75) is 52.3 Å². The van der Waals surface area contributed by atoms with Crippen LogP contribution in [0.3, 0.4) is 0 Å². The molecule has 0 saturated carbocycles. The Hall–Kier alpha value is -0.770. The van der Waals surface area contributed by atoms with Crippen LogP contribution in [0.4, 0.5) is 4.79 Å². The fraction of sp³-hybridized carbons (Fsp3) is 0.909. The van der Waals surface area contributed by atoms with Crippen LogP contribution in [-0.2, 0) is 9.47 Å². The minimum Gasteiger partial charge on any atom is -0.444 e. The highest BCUT2D eigenvalue weighted by Gasteiger charge is 2.32. The van der Waals surface area contributed by atoms with Gasteiger partial charge in [0, 0.05) is 0 Å². The van der Waals surface area contributed by atoms with Gasteiger partial charge in [0.05, 0.1) is 25.3 Å². The predicted octanol–water partition coefficient (Wildman–Crippen LogP) is 2.03. The summed E-state index contributed by atoms with van der Waals surface area (Å²) in [6.45, 7) is 10.7. The monoisotopic (exact) mass is 215 g/mol. The molecule has 0 bridgehead atoms. The number of morpholine rings is 1. The highest BCUT2D eigenvalue weighted by atomic mass is 16.6. The molecule has 1 fully saturated rings. The molecule has 1 aliphatic rings. The van der Waals surface area contributed by atoms with Crippen molar-refractivity contribution in [2.24, 2.45) is 0 Å². The summed E-state index contributed by atoms with van der Waals surface area (Å²) in [4.78, 5) is 13.6. The average molecular weight is 215 g/mol. The molecule has 0 radical (unpaired) electrons. The molecule has 1 unspecified atom stereocenters. The van der Waals surface area contributed by atoms with E-state index in [1.54, 1.807) is 4.90 Å². The quantitative estimate of drug-likeness (QED) is 0.620. The lowest BCUT2D eigenvalue weighted by Gasteiger charge is -2.39. The average Bonchev–Trinajstić information content (AvgIpc) is 1.99. The molecule has 0 aliphatic carbocycles. The molecule has 1 rings (SSSR count). The number of rotatable bonds is 0. The minimum atomic E-state index is -0.436. The van der Waals surface area contributed by atoms with Gasteiger partial charge in [0.25, 0.3) is 0 Å². The number of ether oxygens (including phenoxy) is 2. The molecule has 1 heterocycles. The molecule has 15 heavy (non-hydrogen) atoms. The van der Waals surface area contributed by atoms with Crippen molar-refractivity contribution in [1.82, 2.24) is 4.90 Å². The predicted molar refractivity (Wildman–Crippen MR) is 57.8 cm³/mol. The van der Waals surface area contributed by atoms with Crippen LogP contribution in [0, 0.1) is 0 Å². The molecule has 0 N–H and O–H groups in total. The molecule has 1 aliphatic heterocycles. The standard InChI is InChI=1S/C11H21NO3/c1-8-6-14-7-9(2)12(8)10(13)15-11(3,4)5/h8-9H,6-7H2,1-5H3/t8-,9?/m1/s1. The minimum absolute atomic E-state index is 0.0867. The molecule has 0 aromatic rings. The van der Waals surface area contributed by atoms with E-state index in [1.807, 2.05) is 34.6 Å². The van der Waals surface area contributed by atoms with Crippen LogP contribution < -0.4 is 0 Å². The fourth-order valence-corrected chi connectivity index (χ4v) is 1.68. The van der Waals surface area contributed by atoms with Crippen LogP contribution in [0.5, 0.6) is 0 Å². The van der Waals surface area contributed by atoms with Gasteiger partial charge in [-0.3, -0.25) is 4.90 Å². The van der Waals surface area contributed by atoms with Gasteiger partial charge < -0.3 is 9.47 Å². The lowest BCUT2D eigenvalue weighted by atomic mass is 10.2. The maximum absolute atomic E-state index is 11.9. The van der Waals surface area contributed by atoms with E-state index in [1.165, 1.54) is 0 Å². The molecule has 0 aromatic heterocycles. The molecule has 1 amide bonds. The Labute approximate surface area is 91.5 Å². The Bertz CT molecular complexity index is 224. The Kier molecular flexibility index (Phi) is 3.60. The Morgan fingerprint density at radius 1 is 1.27 bits per heavy atom. The lowest BCUT2D eigenvalue weighted by molar-refractivity contribution is -0.0515. The maximum atomic E-state index is 11.9. The third-order valence-electron chi connectivity index (χ3n) is 2.27. The van der Waals surface area contributed by atoms with Gasteiger partial charge in [0.2, 0.25) is 0 Å². The van der Waals surface area contributed by atoms with Gasteiger partial charge in [0.15, 0.2) is 0 Å². The van der Waals surface area contributed by atoms with Crippen LogP contribution in [0.15, 0.2) is 0 Å². The summed E-state index contributed by atoms with van der Waals surface area (Å²) in [6.07, 6.45) is -0.245. The molecule has 1 saturated heterocycles. The SMILES string of the molecule is CC1COC[C@@H](C)N1C(=O)OC(C)(C)C. The highest BCUT2D eigenvalue weighted by molar-refractivity contribution is 5.69. The van der Waals surface area contributed by atoms with E-state index in [2.05, 4.69) is 0 Å². The first-order chi connectivity index (χ1) is 6.81. The summed E-state index contributed by atoms with van der Waals surface area (Å²) < 4.78 is 10.7. The summed E-state index contributed by atoms with van der Waals surface area (Å²) in [6, 6.07) is 0.173. The lowest BCUT2D eigenvalue weighted by Crippen LogP contribution is -2.53. The summed E-state index contributed by atoms with van der Waals surface area (Å²) >= 11 is 0. The summed E-state index contributed by atoms with van der Waals surface area (Å²) in [5.41, 5.74) is -0.436. The molecule has 0 spiro atoms. The van der Waals surface area contributed by atoms with Crippen LogP contribution in [0.25, 0.3) is 0 Å². The van der Waals surface area contributed by atoms with E-state index in [0.29, 0.717) is 13.2 Å². The van der Waals surface area contributed by atoms with Gasteiger partial charge >= 0.3 is 6.09 Å². The second-order valence-electron chi connectivity index (χ2n) is 5.12. The van der Waals surface area contributed by atoms with Crippen molar-refractivity contribution in [2.75, 3.05) is 13.2 Å². The second-order valence-corrected chi connectivity index (χ2v) is 5.12. The van der Waals surface area contributed by atoms with Gasteiger partial charge in [-0.05, 0) is 34.6 Å². The molecule has 4 heteroatoms. The zero-order valence-electron chi connectivity index (χ0n) is 10.2. The maximum Gasteiger partial charge on any atom is 0.410 e. The first-order valence-electron chi connectivity index (χ1n) is 5.40. The van der Waals surface area contributed by atoms with Gasteiger partial charge in [-0.25, -0.2) is 4.79 Å². The number of amides is 1. The third-order valence-corrected chi connectivity index (χ3v) is 2.27. The van der Waals surface area contributed by atoms with E-state index in [9.17, 15) is 4.79 Å². The van der Waals surface area contributed by atoms with Crippen LogP contribution in [0.2, 0.25) is 0 Å². The highest BCUT2D eigenvalue weighted by Crippen LogP contribution is 2.17. The van der Waals surface area contributed by atoms with Crippen molar-refractivity contribution >= 4 is 6.09 Å². The van der Waals surface area contributed by atoms with E-state index >= 15 is 0 Å². The van der Waals surface area contributed by atoms with E-state index in [4.69, 9.17) is 9.47 Å². The summed E-state index contributed by atoms with van der Waals surface area (Å²) in [5, 5.41) is 0. The van der Waals surface area contributed by atoms with Gasteiger partial charge in [-0.2, -0.15) is 0 Å². The smallest absolute Gasteiger partial charge is 0.410 e. The molecule has 4 nitrogen and oxygen atoms in total. The Morgan fingerprint density at radius 3 is 2.13 bits per heavy atom. The third kappa shape index (κ3) is 3.38.